The number of benzene rings is 2. The van der Waals surface area contributed by atoms with Gasteiger partial charge >= 0.3 is 0 Å². The van der Waals surface area contributed by atoms with E-state index >= 15 is 0 Å². The number of nitrogens with one attached hydrogen (secondary N) is 1. The fraction of sp³-hybridized carbons (Fsp3) is 0.278. The van der Waals surface area contributed by atoms with Crippen LogP contribution in [0.3, 0.4) is 0 Å². The summed E-state index contributed by atoms with van der Waals surface area (Å²) < 4.78 is 30.5. The summed E-state index contributed by atoms with van der Waals surface area (Å²) in [6.45, 7) is 0.713. The average Bonchev–Trinajstić information content (AvgIpc) is 2.60. The lowest BCUT2D eigenvalue weighted by Gasteiger charge is -2.22. The van der Waals surface area contributed by atoms with Crippen LogP contribution in [-0.4, -0.2) is 40.3 Å². The van der Waals surface area contributed by atoms with Crippen molar-refractivity contribution >= 4 is 33.2 Å². The Bertz CT molecular complexity index is 828. The van der Waals surface area contributed by atoms with Gasteiger partial charge in [-0.1, -0.05) is 54.1 Å². The molecular weight excluding hydrogens is 376 g/mol. The lowest BCUT2D eigenvalue weighted by Crippen LogP contribution is -2.41. The van der Waals surface area contributed by atoms with Crippen molar-refractivity contribution in [2.24, 2.45) is 0 Å². The van der Waals surface area contributed by atoms with Gasteiger partial charge in [0.1, 0.15) is 6.54 Å². The topological polar surface area (TPSA) is 75.7 Å². The molecule has 0 radical (unpaired) electrons. The van der Waals surface area contributed by atoms with E-state index in [0.717, 1.165) is 16.1 Å². The molecule has 0 bridgehead atoms. The van der Waals surface area contributed by atoms with Gasteiger partial charge in [0.05, 0.1) is 30.2 Å². The van der Waals surface area contributed by atoms with Gasteiger partial charge in [-0.3, -0.25) is 9.10 Å². The van der Waals surface area contributed by atoms with Gasteiger partial charge in [-0.25, -0.2) is 8.42 Å². The number of amides is 1. The van der Waals surface area contributed by atoms with E-state index < -0.39 is 15.9 Å². The maximum absolute atomic E-state index is 12.1. The zero-order chi connectivity index (χ0) is 19.0. The van der Waals surface area contributed by atoms with Crippen LogP contribution in [0.2, 0.25) is 5.02 Å². The molecule has 26 heavy (non-hydrogen) atoms. The molecule has 0 heterocycles. The molecule has 0 spiro atoms. The Balaban J connectivity index is 1.83. The van der Waals surface area contributed by atoms with Gasteiger partial charge in [-0.15, -0.1) is 0 Å². The third kappa shape index (κ3) is 6.33. The van der Waals surface area contributed by atoms with Crippen LogP contribution in [-0.2, 0) is 26.2 Å². The highest BCUT2D eigenvalue weighted by Gasteiger charge is 2.22. The third-order valence-electron chi connectivity index (χ3n) is 3.49. The van der Waals surface area contributed by atoms with Crippen LogP contribution >= 0.6 is 11.6 Å². The first-order valence-electron chi connectivity index (χ1n) is 7.98. The predicted molar refractivity (Wildman–Crippen MR) is 103 cm³/mol. The molecule has 0 aliphatic carbocycles. The summed E-state index contributed by atoms with van der Waals surface area (Å²) >= 11 is 6.05. The van der Waals surface area contributed by atoms with E-state index in [-0.39, 0.29) is 23.8 Å². The van der Waals surface area contributed by atoms with E-state index in [0.29, 0.717) is 13.2 Å². The van der Waals surface area contributed by atoms with Crippen molar-refractivity contribution in [2.45, 2.75) is 6.61 Å². The van der Waals surface area contributed by atoms with Gasteiger partial charge < -0.3 is 10.1 Å². The minimum Gasteiger partial charge on any atom is -0.375 e. The molecule has 1 N–H and O–H groups in total. The first-order chi connectivity index (χ1) is 12.4. The quantitative estimate of drug-likeness (QED) is 0.660. The van der Waals surface area contributed by atoms with E-state index in [1.807, 2.05) is 30.3 Å². The van der Waals surface area contributed by atoms with Crippen molar-refractivity contribution in [3.63, 3.8) is 0 Å². The second kappa shape index (κ2) is 9.56. The molecule has 0 unspecified atom stereocenters. The number of sulfonamides is 1. The summed E-state index contributed by atoms with van der Waals surface area (Å²) in [5, 5.41) is 2.91. The lowest BCUT2D eigenvalue weighted by molar-refractivity contribution is -0.119. The highest BCUT2D eigenvalue weighted by molar-refractivity contribution is 7.92. The predicted octanol–water partition coefficient (Wildman–Crippen LogP) is 2.44. The van der Waals surface area contributed by atoms with Gasteiger partial charge in [0.25, 0.3) is 0 Å². The fourth-order valence-corrected chi connectivity index (χ4v) is 3.40. The minimum atomic E-state index is -3.65. The highest BCUT2D eigenvalue weighted by atomic mass is 35.5. The van der Waals surface area contributed by atoms with Gasteiger partial charge in [0.15, 0.2) is 0 Å². The molecule has 6 nitrogen and oxygen atoms in total. The monoisotopic (exact) mass is 396 g/mol. The first-order valence-corrected chi connectivity index (χ1v) is 10.2. The minimum absolute atomic E-state index is 0.261. The zero-order valence-electron chi connectivity index (χ0n) is 14.4. The van der Waals surface area contributed by atoms with Gasteiger partial charge in [-0.05, 0) is 17.7 Å². The largest absolute Gasteiger partial charge is 0.375 e. The summed E-state index contributed by atoms with van der Waals surface area (Å²) in [5.41, 5.74) is 1.31. The normalized spacial score (nSPS) is 11.2. The molecule has 0 atom stereocenters. The Labute approximate surface area is 158 Å². The number of hydrogen-bond acceptors (Lipinski definition) is 4. The SMILES string of the molecule is CS(=O)(=O)N(CC(=O)NCCOCc1ccccc1)c1ccccc1Cl. The van der Waals surface area contributed by atoms with Crippen molar-refractivity contribution in [1.29, 1.82) is 0 Å². The van der Waals surface area contributed by atoms with Crippen LogP contribution in [0.1, 0.15) is 5.56 Å². The third-order valence-corrected chi connectivity index (χ3v) is 4.93. The molecule has 0 aromatic heterocycles. The van der Waals surface area contributed by atoms with Crippen molar-refractivity contribution in [3.05, 3.63) is 65.2 Å². The average molecular weight is 397 g/mol. The number of rotatable bonds is 9. The number of nitrogens with zero attached hydrogens (tertiary/aromatic N) is 1. The molecule has 0 fully saturated rings. The Kier molecular flexibility index (Phi) is 7.44. The van der Waals surface area contributed by atoms with E-state index in [1.54, 1.807) is 24.3 Å². The lowest BCUT2D eigenvalue weighted by atomic mass is 10.2. The molecule has 2 aromatic rings. The fourth-order valence-electron chi connectivity index (χ4n) is 2.25. The maximum Gasteiger partial charge on any atom is 0.240 e. The Morgan fingerprint density at radius 1 is 1.12 bits per heavy atom. The number of ether oxygens (including phenoxy) is 1. The Hall–Kier alpha value is -2.09. The summed E-state index contributed by atoms with van der Waals surface area (Å²) in [6.07, 6.45) is 1.03. The van der Waals surface area contributed by atoms with Crippen molar-refractivity contribution in [2.75, 3.05) is 30.3 Å². The van der Waals surface area contributed by atoms with Crippen LogP contribution in [0.4, 0.5) is 5.69 Å². The summed E-state index contributed by atoms with van der Waals surface area (Å²) in [5.74, 6) is -0.432. The Morgan fingerprint density at radius 3 is 2.42 bits per heavy atom. The van der Waals surface area contributed by atoms with E-state index in [1.165, 1.54) is 0 Å². The van der Waals surface area contributed by atoms with Crippen LogP contribution in [0.15, 0.2) is 54.6 Å². The molecule has 140 valence electrons. The molecule has 1 amide bonds. The number of carbonyl (C=O) groups excluding carboxylic acids is 1. The van der Waals surface area contributed by atoms with Crippen LogP contribution in [0, 0.1) is 0 Å². The molecule has 0 saturated heterocycles. The first kappa shape index (κ1) is 20.2. The number of para-hydroxylation sites is 1. The van der Waals surface area contributed by atoms with E-state index in [9.17, 15) is 13.2 Å². The van der Waals surface area contributed by atoms with Crippen LogP contribution in [0.25, 0.3) is 0 Å². The summed E-state index contributed by atoms with van der Waals surface area (Å²) in [6, 6.07) is 16.2. The standard InChI is InChI=1S/C18H21ClN2O4S/c1-26(23,24)21(17-10-6-5-9-16(17)19)13-18(22)20-11-12-25-14-15-7-3-2-4-8-15/h2-10H,11-14H2,1H3,(H,20,22). The smallest absolute Gasteiger partial charge is 0.240 e. The maximum atomic E-state index is 12.1. The molecule has 0 saturated carbocycles. The van der Waals surface area contributed by atoms with Crippen molar-refractivity contribution < 1.29 is 17.9 Å². The molecule has 2 rings (SSSR count). The second-order valence-corrected chi connectivity index (χ2v) is 7.92. The number of hydrogen-bond donors (Lipinski definition) is 1. The van der Waals surface area contributed by atoms with Gasteiger partial charge in [-0.2, -0.15) is 0 Å². The number of anilines is 1. The molecule has 8 heteroatoms. The van der Waals surface area contributed by atoms with Crippen molar-refractivity contribution in [3.8, 4) is 0 Å². The molecule has 0 aliphatic rings. The second-order valence-electron chi connectivity index (χ2n) is 5.61. The van der Waals surface area contributed by atoms with Gasteiger partial charge in [0, 0.05) is 6.54 Å². The molecule has 2 aromatic carbocycles. The van der Waals surface area contributed by atoms with E-state index in [2.05, 4.69) is 5.32 Å². The number of carbonyl (C=O) groups is 1. The van der Waals surface area contributed by atoms with Crippen LogP contribution in [0.5, 0.6) is 0 Å². The van der Waals surface area contributed by atoms with Crippen molar-refractivity contribution in [1.82, 2.24) is 5.32 Å². The Morgan fingerprint density at radius 2 is 1.77 bits per heavy atom. The molecular formula is C18H21ClN2O4S. The summed E-state index contributed by atoms with van der Waals surface area (Å²) in [4.78, 5) is 12.1. The van der Waals surface area contributed by atoms with Crippen LogP contribution < -0.4 is 9.62 Å². The zero-order valence-corrected chi connectivity index (χ0v) is 16.0. The number of halogens is 1. The highest BCUT2D eigenvalue weighted by Crippen LogP contribution is 2.26. The molecule has 0 aliphatic heterocycles. The van der Waals surface area contributed by atoms with Gasteiger partial charge in [0.2, 0.25) is 15.9 Å². The van der Waals surface area contributed by atoms with E-state index in [4.69, 9.17) is 16.3 Å². The summed E-state index contributed by atoms with van der Waals surface area (Å²) in [7, 11) is -3.65.